The van der Waals surface area contributed by atoms with Crippen molar-refractivity contribution in [3.63, 3.8) is 0 Å². The molecular formula is C49H58N10O6. The van der Waals surface area contributed by atoms with Gasteiger partial charge in [-0.05, 0) is 58.2 Å². The van der Waals surface area contributed by atoms with E-state index in [1.807, 2.05) is 147 Å². The van der Waals surface area contributed by atoms with Gasteiger partial charge in [0.15, 0.2) is 5.03 Å². The third kappa shape index (κ3) is 16.5. The van der Waals surface area contributed by atoms with Crippen molar-refractivity contribution < 1.29 is 24.2 Å². The number of amides is 4. The Morgan fingerprint density at radius 1 is 0.692 bits per heavy atom. The molecule has 0 aliphatic rings. The first kappa shape index (κ1) is 48.4. The van der Waals surface area contributed by atoms with E-state index in [0.29, 0.717) is 12.8 Å². The second kappa shape index (κ2) is 25.5. The summed E-state index contributed by atoms with van der Waals surface area (Å²) in [5.41, 5.74) is 11.9. The zero-order valence-corrected chi connectivity index (χ0v) is 36.7. The van der Waals surface area contributed by atoms with Crippen molar-refractivity contribution in [2.24, 2.45) is 21.9 Å². The molecule has 5 aromatic rings. The lowest BCUT2D eigenvalue weighted by molar-refractivity contribution is -0.485. The van der Waals surface area contributed by atoms with Crippen LogP contribution >= 0.6 is 0 Å². The Hall–Kier alpha value is -7.62. The average molecular weight is 883 g/mol. The number of nitrogens with two attached hydrogens (primary N) is 1. The van der Waals surface area contributed by atoms with Crippen molar-refractivity contribution in [2.45, 2.75) is 76.5 Å². The first-order valence-corrected chi connectivity index (χ1v) is 21.7. The molecule has 5 aromatic carbocycles. The highest BCUT2D eigenvalue weighted by Crippen LogP contribution is 2.22. The highest BCUT2D eigenvalue weighted by Gasteiger charge is 2.29. The van der Waals surface area contributed by atoms with Crippen molar-refractivity contribution >= 4 is 46.6 Å². The fourth-order valence-electron chi connectivity index (χ4n) is 7.17. The van der Waals surface area contributed by atoms with E-state index in [1.165, 1.54) is 6.21 Å². The summed E-state index contributed by atoms with van der Waals surface area (Å²) in [4.78, 5) is 66.0. The van der Waals surface area contributed by atoms with Crippen molar-refractivity contribution in [3.05, 3.63) is 166 Å². The Morgan fingerprint density at radius 3 is 1.95 bits per heavy atom. The summed E-state index contributed by atoms with van der Waals surface area (Å²) in [5, 5.41) is 33.8. The number of fused-ring (bicyclic) bond motifs is 1. The van der Waals surface area contributed by atoms with E-state index in [4.69, 9.17) is 5.73 Å². The van der Waals surface area contributed by atoms with Gasteiger partial charge in [0, 0.05) is 32.0 Å². The summed E-state index contributed by atoms with van der Waals surface area (Å²) < 4.78 is 0. The maximum absolute atomic E-state index is 14.5. The number of guanidine groups is 1. The second-order valence-corrected chi connectivity index (χ2v) is 16.0. The van der Waals surface area contributed by atoms with Crippen LogP contribution in [0.4, 0.5) is 0 Å². The van der Waals surface area contributed by atoms with Crippen LogP contribution in [0.15, 0.2) is 144 Å². The fraction of sp³-hybridized carbons (Fsp3) is 0.306. The van der Waals surface area contributed by atoms with Crippen LogP contribution in [-0.4, -0.2) is 72.1 Å². The normalized spacial score (nSPS) is 12.9. The molecule has 0 saturated carbocycles. The molecule has 4 amide bonds. The van der Waals surface area contributed by atoms with Crippen LogP contribution in [0.1, 0.15) is 67.8 Å². The SMILES string of the molecule is CC(C)CCC(=O)NC(Cc1ccccc1)C(=O)NC(Cc1cccc2ccccc12)C(=O)NC(/C=N/NCC(=O)NC(c1ccccc1)c1ccccc1)CCCN/C(N)=N\[N+](=O)[O-]. The maximum atomic E-state index is 14.5. The molecule has 0 aromatic heterocycles. The van der Waals surface area contributed by atoms with Crippen LogP contribution < -0.4 is 37.7 Å². The van der Waals surface area contributed by atoms with E-state index in [-0.39, 0.29) is 62.5 Å². The van der Waals surface area contributed by atoms with Crippen LogP contribution in [0, 0.1) is 16.0 Å². The quantitative estimate of drug-likeness (QED) is 0.0147. The first-order valence-electron chi connectivity index (χ1n) is 21.7. The Morgan fingerprint density at radius 2 is 1.29 bits per heavy atom. The minimum Gasteiger partial charge on any atom is -0.365 e. The van der Waals surface area contributed by atoms with E-state index in [2.05, 4.69) is 42.2 Å². The summed E-state index contributed by atoms with van der Waals surface area (Å²) in [6, 6.07) is 38.8. The van der Waals surface area contributed by atoms with Gasteiger partial charge in [-0.2, -0.15) is 5.10 Å². The van der Waals surface area contributed by atoms with Gasteiger partial charge in [0.1, 0.15) is 23.7 Å². The maximum Gasteiger partial charge on any atom is 0.266 e. The smallest absolute Gasteiger partial charge is 0.266 e. The molecule has 16 heteroatoms. The van der Waals surface area contributed by atoms with E-state index in [9.17, 15) is 29.3 Å². The van der Waals surface area contributed by atoms with Gasteiger partial charge in [0.25, 0.3) is 5.96 Å². The van der Waals surface area contributed by atoms with Crippen molar-refractivity contribution in [1.29, 1.82) is 0 Å². The molecule has 340 valence electrons. The average Bonchev–Trinajstić information content (AvgIpc) is 3.30. The molecule has 0 aliphatic heterocycles. The van der Waals surface area contributed by atoms with Crippen LogP contribution in [0.5, 0.6) is 0 Å². The summed E-state index contributed by atoms with van der Waals surface area (Å²) in [7, 11) is 0. The van der Waals surface area contributed by atoms with Crippen LogP contribution in [0.2, 0.25) is 0 Å². The molecule has 3 atom stereocenters. The molecule has 65 heavy (non-hydrogen) atoms. The summed E-state index contributed by atoms with van der Waals surface area (Å²) >= 11 is 0. The fourth-order valence-corrected chi connectivity index (χ4v) is 7.17. The predicted molar refractivity (Wildman–Crippen MR) is 253 cm³/mol. The molecule has 16 nitrogen and oxygen atoms in total. The minimum atomic E-state index is -1.11. The third-order valence-electron chi connectivity index (χ3n) is 10.5. The molecule has 0 bridgehead atoms. The van der Waals surface area contributed by atoms with Crippen LogP contribution in [0.3, 0.4) is 0 Å². The molecule has 8 N–H and O–H groups in total. The van der Waals surface area contributed by atoms with E-state index < -0.39 is 41.0 Å². The molecule has 0 spiro atoms. The molecule has 0 radical (unpaired) electrons. The Bertz CT molecular complexity index is 2340. The van der Waals surface area contributed by atoms with Gasteiger partial charge in [0.2, 0.25) is 23.6 Å². The standard InChI is InChI=1S/C49H58N10O6/c1-34(2)27-28-44(60)55-42(30-35-16-6-3-7-17-35)48(63)56-43(31-39-24-14-23-36-18-12-13-26-41(36)39)47(62)54-40(25-15-29-51-49(50)58-59(64)65)32-52-53-33-45(61)57-46(37-19-8-4-9-20-37)38-21-10-5-11-22-38/h3-14,16-24,26,32,34,40,42-43,46,53H,15,25,27-31,33H2,1-2H3,(H,54,62)(H,55,60)(H,56,63)(H,57,61)(H3,50,51,58)/b52-32+. The molecule has 0 aliphatic carbocycles. The number of nitrogens with zero attached hydrogens (tertiary/aromatic N) is 3. The third-order valence-corrected chi connectivity index (χ3v) is 10.5. The highest BCUT2D eigenvalue weighted by atomic mass is 16.7. The van der Waals surface area contributed by atoms with Crippen molar-refractivity contribution in [3.8, 4) is 0 Å². The van der Waals surface area contributed by atoms with Crippen LogP contribution in [0.25, 0.3) is 10.8 Å². The zero-order chi connectivity index (χ0) is 46.4. The van der Waals surface area contributed by atoms with Gasteiger partial charge < -0.3 is 37.7 Å². The number of carbonyl (C=O) groups is 4. The van der Waals surface area contributed by atoms with E-state index in [0.717, 1.165) is 33.0 Å². The largest absolute Gasteiger partial charge is 0.365 e. The molecular weight excluding hydrogens is 825 g/mol. The topological polar surface area (TPSA) is 234 Å². The zero-order valence-electron chi connectivity index (χ0n) is 36.7. The second-order valence-electron chi connectivity index (χ2n) is 16.0. The number of nitro groups is 1. The first-order chi connectivity index (χ1) is 31.4. The highest BCUT2D eigenvalue weighted by molar-refractivity contribution is 5.94. The molecule has 3 unspecified atom stereocenters. The number of rotatable bonds is 24. The Balaban J connectivity index is 1.36. The molecule has 0 fully saturated rings. The number of hydrogen-bond acceptors (Lipinski definition) is 8. The van der Waals surface area contributed by atoms with Gasteiger partial charge in [-0.15, -0.1) is 0 Å². The monoisotopic (exact) mass is 882 g/mol. The number of benzene rings is 5. The lowest BCUT2D eigenvalue weighted by Gasteiger charge is -2.25. The molecule has 0 saturated heterocycles. The summed E-state index contributed by atoms with van der Waals surface area (Å²) in [6.07, 6.45) is 3.27. The van der Waals surface area contributed by atoms with Crippen LogP contribution in [-0.2, 0) is 32.0 Å². The van der Waals surface area contributed by atoms with E-state index in [1.54, 1.807) is 0 Å². The Kier molecular flexibility index (Phi) is 19.0. The number of hydrogen-bond donors (Lipinski definition) is 7. The van der Waals surface area contributed by atoms with Crippen molar-refractivity contribution in [1.82, 2.24) is 32.0 Å². The van der Waals surface area contributed by atoms with Gasteiger partial charge in [0.05, 0.1) is 12.1 Å². The molecule has 5 rings (SSSR count). The lowest BCUT2D eigenvalue weighted by Crippen LogP contribution is -2.56. The number of carbonyl (C=O) groups excluding carboxylic acids is 4. The Labute approximate surface area is 379 Å². The predicted octanol–water partition coefficient (Wildman–Crippen LogP) is 4.87. The minimum absolute atomic E-state index is 0.111. The van der Waals surface area contributed by atoms with Crippen molar-refractivity contribution in [2.75, 3.05) is 13.1 Å². The van der Waals surface area contributed by atoms with Gasteiger partial charge in [-0.1, -0.05) is 147 Å². The summed E-state index contributed by atoms with van der Waals surface area (Å²) in [6.45, 7) is 4.03. The lowest BCUT2D eigenvalue weighted by atomic mass is 9.97. The van der Waals surface area contributed by atoms with Gasteiger partial charge in [-0.25, -0.2) is 10.1 Å². The number of hydrazone groups is 2. The van der Waals surface area contributed by atoms with E-state index >= 15 is 0 Å². The van der Waals surface area contributed by atoms with Gasteiger partial charge >= 0.3 is 0 Å². The summed E-state index contributed by atoms with van der Waals surface area (Å²) in [5.74, 6) is -1.74. The number of nitrogens with one attached hydrogen (secondary N) is 6. The van der Waals surface area contributed by atoms with Gasteiger partial charge in [-0.3, -0.25) is 19.2 Å². The molecule has 0 heterocycles.